The Labute approximate surface area is 188 Å². The first-order valence-electron chi connectivity index (χ1n) is 9.47. The van der Waals surface area contributed by atoms with Crippen molar-refractivity contribution in [3.05, 3.63) is 85.5 Å². The summed E-state index contributed by atoms with van der Waals surface area (Å²) >= 11 is 5.92. The van der Waals surface area contributed by atoms with Crippen molar-refractivity contribution in [2.75, 3.05) is 0 Å². The molecule has 2 heterocycles. The number of aromatic nitrogens is 2. The van der Waals surface area contributed by atoms with E-state index in [1.165, 1.54) is 19.2 Å². The summed E-state index contributed by atoms with van der Waals surface area (Å²) in [6, 6.07) is 11.2. The third-order valence-corrected chi connectivity index (χ3v) is 5.19. The van der Waals surface area contributed by atoms with Crippen molar-refractivity contribution >= 4 is 34.7 Å². The number of Topliss-reactive ketones (excluding diaryl/α,β-unsaturated/α-hetero) is 1. The van der Waals surface area contributed by atoms with E-state index in [1.54, 1.807) is 24.3 Å². The second kappa shape index (κ2) is 8.34. The van der Waals surface area contributed by atoms with E-state index in [0.717, 1.165) is 16.7 Å². The number of rotatable bonds is 5. The predicted octanol–water partition coefficient (Wildman–Crippen LogP) is 2.27. The second-order valence-electron chi connectivity index (χ2n) is 7.16. The van der Waals surface area contributed by atoms with Crippen LogP contribution >= 0.6 is 11.6 Å². The number of halogens is 4. The van der Waals surface area contributed by atoms with E-state index in [9.17, 15) is 27.6 Å². The second-order valence-corrected chi connectivity index (χ2v) is 7.60. The van der Waals surface area contributed by atoms with Crippen LogP contribution in [0.1, 0.15) is 15.9 Å². The smallest absolute Gasteiger partial charge is 0.406 e. The van der Waals surface area contributed by atoms with Crippen molar-refractivity contribution in [2.24, 2.45) is 12.0 Å². The first kappa shape index (κ1) is 22.5. The number of H-pyrrole nitrogens is 1. The number of quaternary nitrogens is 1. The number of alkyl halides is 3. The van der Waals surface area contributed by atoms with E-state index in [2.05, 4.69) is 14.7 Å². The average molecular weight is 480 g/mol. The number of carbonyl (C=O) groups is 1. The lowest BCUT2D eigenvalue weighted by atomic mass is 10.1. The Bertz CT molecular complexity index is 1390. The van der Waals surface area contributed by atoms with Crippen molar-refractivity contribution in [3.8, 4) is 5.75 Å². The molecule has 0 fully saturated rings. The minimum Gasteiger partial charge on any atom is -0.406 e. The number of hydrogen-bond donors (Lipinski definition) is 2. The maximum atomic E-state index is 13.3. The lowest BCUT2D eigenvalue weighted by Crippen LogP contribution is -3.09. The van der Waals surface area contributed by atoms with Crippen LogP contribution in [0, 0.1) is 0 Å². The summed E-state index contributed by atoms with van der Waals surface area (Å²) in [5.41, 5.74) is -0.831. The molecule has 1 aromatic heterocycles. The molecule has 0 aliphatic carbocycles. The molecule has 0 bridgehead atoms. The van der Waals surface area contributed by atoms with Gasteiger partial charge in [-0.25, -0.2) is 9.69 Å². The Morgan fingerprint density at radius 1 is 1.18 bits per heavy atom. The van der Waals surface area contributed by atoms with Gasteiger partial charge in [0.1, 0.15) is 12.3 Å². The molecular formula is C21H15ClF3N4O4+. The molecule has 3 aromatic rings. The van der Waals surface area contributed by atoms with Gasteiger partial charge in [-0.3, -0.25) is 19.1 Å². The third kappa shape index (κ3) is 4.59. The maximum absolute atomic E-state index is 13.3. The van der Waals surface area contributed by atoms with E-state index in [0.29, 0.717) is 10.6 Å². The Hall–Kier alpha value is -3.70. The summed E-state index contributed by atoms with van der Waals surface area (Å²) in [7, 11) is 1.38. The summed E-state index contributed by atoms with van der Waals surface area (Å²) in [6.45, 7) is 0.0920. The lowest BCUT2D eigenvalue weighted by Gasteiger charge is -2.15. The molecule has 1 aliphatic heterocycles. The van der Waals surface area contributed by atoms with Crippen LogP contribution in [0.3, 0.4) is 0 Å². The minimum atomic E-state index is -4.93. The number of amidine groups is 1. The Morgan fingerprint density at radius 2 is 1.88 bits per heavy atom. The van der Waals surface area contributed by atoms with Gasteiger partial charge in [0.25, 0.3) is 11.6 Å². The van der Waals surface area contributed by atoms with Crippen molar-refractivity contribution in [2.45, 2.75) is 12.9 Å². The van der Waals surface area contributed by atoms with Gasteiger partial charge in [0.2, 0.25) is 11.5 Å². The quantitative estimate of drug-likeness (QED) is 0.549. The van der Waals surface area contributed by atoms with Gasteiger partial charge in [0.05, 0.1) is 0 Å². The zero-order valence-electron chi connectivity index (χ0n) is 16.9. The molecule has 4 rings (SSSR count). The topological polar surface area (TPSA) is 98.0 Å². The SMILES string of the molecule is Cn1c2c(c(=O)[nH]c1=O)[NH+](Cc1ccc(Cl)cc1)C(C(=O)c1cccc(OC(F)(F)F)c1)=N2. The fourth-order valence-corrected chi connectivity index (χ4v) is 3.57. The van der Waals surface area contributed by atoms with Crippen molar-refractivity contribution in [3.63, 3.8) is 0 Å². The molecule has 170 valence electrons. The Morgan fingerprint density at radius 3 is 2.55 bits per heavy atom. The van der Waals surface area contributed by atoms with Gasteiger partial charge in [0, 0.05) is 23.2 Å². The first-order valence-corrected chi connectivity index (χ1v) is 9.85. The summed E-state index contributed by atoms with van der Waals surface area (Å²) in [4.78, 5) is 44.6. The number of carbonyl (C=O) groups excluding carboxylic acids is 1. The lowest BCUT2D eigenvalue weighted by molar-refractivity contribution is -0.742. The highest BCUT2D eigenvalue weighted by molar-refractivity contribution is 6.43. The molecule has 0 saturated heterocycles. The Balaban J connectivity index is 1.79. The van der Waals surface area contributed by atoms with E-state index in [4.69, 9.17) is 11.6 Å². The maximum Gasteiger partial charge on any atom is 0.573 e. The fourth-order valence-electron chi connectivity index (χ4n) is 3.44. The normalized spacial score (nSPS) is 15.2. The molecule has 0 radical (unpaired) electrons. The van der Waals surface area contributed by atoms with Crippen molar-refractivity contribution in [1.29, 1.82) is 0 Å². The number of nitrogens with zero attached hydrogens (tertiary/aromatic N) is 2. The molecule has 1 atom stereocenters. The van der Waals surface area contributed by atoms with Crippen LogP contribution in [0.25, 0.3) is 0 Å². The van der Waals surface area contributed by atoms with Gasteiger partial charge < -0.3 is 4.74 Å². The number of aromatic amines is 1. The van der Waals surface area contributed by atoms with Crippen LogP contribution in [0.15, 0.2) is 63.1 Å². The van der Waals surface area contributed by atoms with Crippen molar-refractivity contribution < 1.29 is 27.6 Å². The molecule has 0 saturated carbocycles. The minimum absolute atomic E-state index is 0.0150. The molecule has 1 unspecified atom stereocenters. The monoisotopic (exact) mass is 479 g/mol. The summed E-state index contributed by atoms with van der Waals surface area (Å²) in [5, 5.41) is 0.488. The number of benzene rings is 2. The van der Waals surface area contributed by atoms with Gasteiger partial charge in [0.15, 0.2) is 0 Å². The molecule has 0 amide bonds. The number of nitrogens with one attached hydrogen (secondary N) is 2. The number of ether oxygens (including phenoxy) is 1. The molecule has 2 N–H and O–H groups in total. The van der Waals surface area contributed by atoms with Gasteiger partial charge in [-0.2, -0.15) is 4.99 Å². The molecule has 33 heavy (non-hydrogen) atoms. The highest BCUT2D eigenvalue weighted by atomic mass is 35.5. The zero-order chi connectivity index (χ0) is 23.9. The largest absolute Gasteiger partial charge is 0.573 e. The first-order chi connectivity index (χ1) is 15.5. The van der Waals surface area contributed by atoms with Gasteiger partial charge >= 0.3 is 17.6 Å². The third-order valence-electron chi connectivity index (χ3n) is 4.94. The molecule has 12 heteroatoms. The molecule has 1 aliphatic rings. The molecule has 2 aromatic carbocycles. The molecular weight excluding hydrogens is 465 g/mol. The summed E-state index contributed by atoms with van der Waals surface area (Å²) in [6.07, 6.45) is -4.93. The van der Waals surface area contributed by atoms with Crippen molar-refractivity contribution in [1.82, 2.24) is 9.55 Å². The fraction of sp³-hybridized carbons (Fsp3) is 0.143. The number of aliphatic imine (C=N–C) groups is 1. The highest BCUT2D eigenvalue weighted by Gasteiger charge is 2.40. The van der Waals surface area contributed by atoms with Crippen LogP contribution in [0.2, 0.25) is 5.02 Å². The molecule has 0 spiro atoms. The summed E-state index contributed by atoms with van der Waals surface area (Å²) in [5.74, 6) is -1.47. The number of hydrogen-bond acceptors (Lipinski definition) is 5. The van der Waals surface area contributed by atoms with Crippen LogP contribution in [0.5, 0.6) is 5.75 Å². The average Bonchev–Trinajstić information content (AvgIpc) is 3.12. The zero-order valence-corrected chi connectivity index (χ0v) is 17.6. The molecule has 8 nitrogen and oxygen atoms in total. The summed E-state index contributed by atoms with van der Waals surface area (Å²) < 4.78 is 42.8. The van der Waals surface area contributed by atoms with Crippen LogP contribution in [-0.2, 0) is 13.6 Å². The highest BCUT2D eigenvalue weighted by Crippen LogP contribution is 2.25. The van der Waals surface area contributed by atoms with E-state index in [-0.39, 0.29) is 34.3 Å². The number of ketones is 1. The van der Waals surface area contributed by atoms with E-state index in [1.807, 2.05) is 0 Å². The standard InChI is InChI=1S/C21H14ClF3N4O4/c1-28-17-15(19(31)27-20(28)32)29(10-11-5-7-13(22)8-6-11)18(26-17)16(30)12-3-2-4-14(9-12)33-21(23,24)25/h2-9H,10H2,1H3,(H,27,31,32)/p+1. The van der Waals surface area contributed by atoms with Gasteiger partial charge in [-0.15, -0.1) is 13.2 Å². The van der Waals surface area contributed by atoms with Gasteiger partial charge in [-0.1, -0.05) is 35.9 Å². The Kier molecular flexibility index (Phi) is 5.68. The van der Waals surface area contributed by atoms with Crippen LogP contribution in [-0.4, -0.2) is 27.5 Å². The van der Waals surface area contributed by atoms with Gasteiger partial charge in [-0.05, 0) is 24.3 Å². The number of fused-ring (bicyclic) bond motifs is 1. The van der Waals surface area contributed by atoms with Crippen LogP contribution in [0.4, 0.5) is 24.7 Å². The van der Waals surface area contributed by atoms with E-state index >= 15 is 0 Å². The predicted molar refractivity (Wildman–Crippen MR) is 113 cm³/mol. The van der Waals surface area contributed by atoms with Crippen LogP contribution < -0.4 is 20.9 Å². The van der Waals surface area contributed by atoms with E-state index < -0.39 is 29.1 Å².